The van der Waals surface area contributed by atoms with Crippen molar-refractivity contribution in [2.45, 2.75) is 32.1 Å². The van der Waals surface area contributed by atoms with Crippen molar-refractivity contribution >= 4 is 0 Å². The highest BCUT2D eigenvalue weighted by Gasteiger charge is 2.50. The lowest BCUT2D eigenvalue weighted by Crippen LogP contribution is -2.34. The first-order valence-electron chi connectivity index (χ1n) is 6.92. The Balaban J connectivity index is 1.95. The first-order valence-corrected chi connectivity index (χ1v) is 6.92. The monoisotopic (exact) mass is 225 g/mol. The summed E-state index contributed by atoms with van der Waals surface area (Å²) >= 11 is 0. The van der Waals surface area contributed by atoms with Crippen LogP contribution in [0.1, 0.15) is 32.1 Å². The van der Waals surface area contributed by atoms with E-state index in [2.05, 4.69) is 0 Å². The predicted molar refractivity (Wildman–Crippen MR) is 67.7 cm³/mol. The van der Waals surface area contributed by atoms with Crippen LogP contribution in [0.3, 0.4) is 0 Å². The van der Waals surface area contributed by atoms with Gasteiger partial charge in [0.2, 0.25) is 0 Å². The van der Waals surface area contributed by atoms with Gasteiger partial charge in [0.15, 0.2) is 0 Å². The molecule has 0 aromatic heterocycles. The van der Waals surface area contributed by atoms with Crippen LogP contribution in [0, 0.1) is 29.6 Å². The highest BCUT2D eigenvalue weighted by Crippen LogP contribution is 2.56. The number of fused-ring (bicyclic) bond motifs is 2. The summed E-state index contributed by atoms with van der Waals surface area (Å²) in [4.78, 5) is 0. The number of hydrogen-bond acceptors (Lipinski definition) is 3. The molecule has 0 heterocycles. The summed E-state index contributed by atoms with van der Waals surface area (Å²) in [7, 11) is 0. The van der Waals surface area contributed by atoms with Gasteiger partial charge in [0, 0.05) is 0 Å². The van der Waals surface area contributed by atoms with Crippen LogP contribution < -0.4 is 17.2 Å². The first-order chi connectivity index (χ1) is 7.81. The maximum absolute atomic E-state index is 5.98. The average Bonchev–Trinajstić information content (AvgIpc) is 2.83. The third-order valence-corrected chi connectivity index (χ3v) is 5.04. The predicted octanol–water partition coefficient (Wildman–Crippen LogP) is 0.921. The molecule has 5 unspecified atom stereocenters. The molecule has 2 rings (SSSR count). The summed E-state index contributed by atoms with van der Waals surface area (Å²) in [5.41, 5.74) is 17.3. The zero-order chi connectivity index (χ0) is 11.5. The van der Waals surface area contributed by atoms with E-state index in [1.54, 1.807) is 0 Å². The van der Waals surface area contributed by atoms with Gasteiger partial charge in [-0.2, -0.15) is 0 Å². The van der Waals surface area contributed by atoms with Gasteiger partial charge in [-0.1, -0.05) is 0 Å². The molecule has 0 radical (unpaired) electrons. The molecule has 0 aromatic rings. The van der Waals surface area contributed by atoms with Gasteiger partial charge >= 0.3 is 0 Å². The number of hydrogen-bond donors (Lipinski definition) is 3. The Labute approximate surface area is 99.1 Å². The lowest BCUT2D eigenvalue weighted by Gasteiger charge is -2.35. The van der Waals surface area contributed by atoms with Gasteiger partial charge < -0.3 is 17.2 Å². The van der Waals surface area contributed by atoms with Gasteiger partial charge in [0.25, 0.3) is 0 Å². The maximum Gasteiger partial charge on any atom is -0.00434 e. The van der Waals surface area contributed by atoms with E-state index < -0.39 is 0 Å². The van der Waals surface area contributed by atoms with Gasteiger partial charge in [-0.3, -0.25) is 0 Å². The van der Waals surface area contributed by atoms with E-state index in [9.17, 15) is 0 Å². The average molecular weight is 225 g/mol. The van der Waals surface area contributed by atoms with Gasteiger partial charge in [-0.15, -0.1) is 0 Å². The minimum atomic E-state index is 0.766. The van der Waals surface area contributed by atoms with E-state index in [1.165, 1.54) is 32.1 Å². The lowest BCUT2D eigenvalue weighted by atomic mass is 9.71. The second-order valence-corrected chi connectivity index (χ2v) is 5.73. The second-order valence-electron chi connectivity index (χ2n) is 5.73. The quantitative estimate of drug-likeness (QED) is 0.629. The van der Waals surface area contributed by atoms with Gasteiger partial charge in [-0.25, -0.2) is 0 Å². The molecular weight excluding hydrogens is 198 g/mol. The Kier molecular flexibility index (Phi) is 4.22. The van der Waals surface area contributed by atoms with Crippen LogP contribution in [0.5, 0.6) is 0 Å². The van der Waals surface area contributed by atoms with E-state index in [1.807, 2.05) is 0 Å². The van der Waals surface area contributed by atoms with Crippen molar-refractivity contribution in [3.8, 4) is 0 Å². The van der Waals surface area contributed by atoms with Crippen molar-refractivity contribution < 1.29 is 0 Å². The third kappa shape index (κ3) is 2.13. The zero-order valence-electron chi connectivity index (χ0n) is 10.3. The molecule has 16 heavy (non-hydrogen) atoms. The standard InChI is InChI=1S/C13H27N3/c14-4-1-2-11-10-6-9(3-5-15)12(7-10)13(11)8-16/h9-13H,1-8,14-16H2. The van der Waals surface area contributed by atoms with Gasteiger partial charge in [0.05, 0.1) is 0 Å². The molecule has 94 valence electrons. The van der Waals surface area contributed by atoms with Crippen LogP contribution in [0.15, 0.2) is 0 Å². The fourth-order valence-corrected chi connectivity index (χ4v) is 4.44. The van der Waals surface area contributed by atoms with Crippen molar-refractivity contribution in [1.29, 1.82) is 0 Å². The zero-order valence-corrected chi connectivity index (χ0v) is 10.3. The topological polar surface area (TPSA) is 78.1 Å². The van der Waals surface area contributed by atoms with Gasteiger partial charge in [0.1, 0.15) is 0 Å². The Hall–Kier alpha value is -0.120. The Morgan fingerprint density at radius 1 is 0.875 bits per heavy atom. The first kappa shape index (κ1) is 12.3. The van der Waals surface area contributed by atoms with E-state index >= 15 is 0 Å². The van der Waals surface area contributed by atoms with Crippen LogP contribution in [-0.2, 0) is 0 Å². The van der Waals surface area contributed by atoms with Crippen molar-refractivity contribution in [3.05, 3.63) is 0 Å². The van der Waals surface area contributed by atoms with Crippen LogP contribution in [0.4, 0.5) is 0 Å². The normalized spacial score (nSPS) is 41.8. The third-order valence-electron chi connectivity index (χ3n) is 5.04. The summed E-state index contributed by atoms with van der Waals surface area (Å²) in [6.45, 7) is 2.55. The summed E-state index contributed by atoms with van der Waals surface area (Å²) in [6, 6.07) is 0. The molecule has 2 aliphatic carbocycles. The summed E-state index contributed by atoms with van der Waals surface area (Å²) in [5.74, 6) is 4.31. The van der Waals surface area contributed by atoms with Crippen molar-refractivity contribution in [2.75, 3.05) is 19.6 Å². The molecule has 2 saturated carbocycles. The number of rotatable bonds is 6. The number of nitrogens with two attached hydrogens (primary N) is 3. The fraction of sp³-hybridized carbons (Fsp3) is 1.00. The molecule has 0 aliphatic heterocycles. The Bertz CT molecular complexity index is 215. The van der Waals surface area contributed by atoms with E-state index in [-0.39, 0.29) is 0 Å². The molecule has 2 fully saturated rings. The van der Waals surface area contributed by atoms with Crippen molar-refractivity contribution in [3.63, 3.8) is 0 Å². The van der Waals surface area contributed by atoms with E-state index in [4.69, 9.17) is 17.2 Å². The van der Waals surface area contributed by atoms with Crippen LogP contribution >= 0.6 is 0 Å². The molecule has 2 bridgehead atoms. The summed E-state index contributed by atoms with van der Waals surface area (Å²) < 4.78 is 0. The second kappa shape index (κ2) is 5.48. The fourth-order valence-electron chi connectivity index (χ4n) is 4.44. The van der Waals surface area contributed by atoms with E-state index in [0.717, 1.165) is 49.2 Å². The maximum atomic E-state index is 5.98. The molecule has 0 aromatic carbocycles. The minimum absolute atomic E-state index is 0.766. The van der Waals surface area contributed by atoms with Crippen LogP contribution in [0.25, 0.3) is 0 Å². The van der Waals surface area contributed by atoms with Crippen molar-refractivity contribution in [1.82, 2.24) is 0 Å². The van der Waals surface area contributed by atoms with Gasteiger partial charge in [-0.05, 0) is 81.3 Å². The largest absolute Gasteiger partial charge is 0.330 e. The molecule has 0 amide bonds. The SMILES string of the molecule is NCCCC1C2CC(CCN)C(C2)C1CN. The Morgan fingerprint density at radius 3 is 2.31 bits per heavy atom. The Morgan fingerprint density at radius 2 is 1.69 bits per heavy atom. The molecule has 0 spiro atoms. The van der Waals surface area contributed by atoms with E-state index in [0.29, 0.717) is 0 Å². The molecule has 3 nitrogen and oxygen atoms in total. The molecule has 2 aliphatic rings. The highest BCUT2D eigenvalue weighted by atomic mass is 14.7. The van der Waals surface area contributed by atoms with Crippen LogP contribution in [-0.4, -0.2) is 19.6 Å². The van der Waals surface area contributed by atoms with Crippen molar-refractivity contribution in [2.24, 2.45) is 46.8 Å². The summed E-state index contributed by atoms with van der Waals surface area (Å²) in [5, 5.41) is 0. The highest BCUT2D eigenvalue weighted by molar-refractivity contribution is 5.00. The van der Waals surface area contributed by atoms with Crippen LogP contribution in [0.2, 0.25) is 0 Å². The molecule has 5 atom stereocenters. The summed E-state index contributed by atoms with van der Waals surface area (Å²) in [6.07, 6.45) is 6.51. The molecule has 3 heteroatoms. The molecule has 0 saturated heterocycles. The molecule has 6 N–H and O–H groups in total. The molecular formula is C13H27N3. The lowest BCUT2D eigenvalue weighted by molar-refractivity contribution is 0.152. The minimum Gasteiger partial charge on any atom is -0.330 e. The smallest absolute Gasteiger partial charge is 0.00434 e.